The summed E-state index contributed by atoms with van der Waals surface area (Å²) < 4.78 is 40.1. The average Bonchev–Trinajstić information content (AvgIpc) is 3.42. The van der Waals surface area contributed by atoms with E-state index < -0.39 is 41.8 Å². The molecule has 48 heavy (non-hydrogen) atoms. The second-order valence-corrected chi connectivity index (χ2v) is 11.1. The van der Waals surface area contributed by atoms with E-state index in [9.17, 15) is 14.7 Å². The number of halogens is 1. The van der Waals surface area contributed by atoms with Crippen molar-refractivity contribution in [3.8, 4) is 11.5 Å². The molecule has 0 bridgehead atoms. The molecule has 1 aliphatic heterocycles. The molecule has 5 aromatic rings. The molecule has 0 aliphatic carbocycles. The Morgan fingerprint density at radius 3 is 1.94 bits per heavy atom. The van der Waals surface area contributed by atoms with Gasteiger partial charge in [-0.05, 0) is 59.2 Å². The number of hydrogen-bond acceptors (Lipinski definition) is 8. The molecule has 246 valence electrons. The summed E-state index contributed by atoms with van der Waals surface area (Å²) in [4.78, 5) is 29.4. The van der Waals surface area contributed by atoms with Gasteiger partial charge < -0.3 is 29.4 Å². The summed E-state index contributed by atoms with van der Waals surface area (Å²) in [6.07, 6.45) is -4.98. The predicted molar refractivity (Wildman–Crippen MR) is 176 cm³/mol. The van der Waals surface area contributed by atoms with E-state index in [-0.39, 0.29) is 12.4 Å². The van der Waals surface area contributed by atoms with Gasteiger partial charge in [-0.2, -0.15) is 4.98 Å². The number of rotatable bonds is 11. The molecule has 2 heterocycles. The molecule has 4 aromatic carbocycles. The molecule has 1 amide bonds. The maximum atomic E-state index is 15.7. The standard InChI is InChI=1S/C37H34FN3O7/c1-45-28-17-13-26(14-18-28)37(25-11-7-4-8-12-25,27-15-19-29(46-2)20-16-27)47-23-30-33(42)32(38)35(48-30)41-22-21-31(40-36(41)44)39-34(43)24-9-5-3-6-10-24/h3-22,30,32-33,35,42H,23H2,1-2H3,(H,39,40,43,44)/t30-,32+,33+,35-/m1/s1. The molecule has 1 fully saturated rings. The molecule has 10 nitrogen and oxygen atoms in total. The Labute approximate surface area is 276 Å². The quantitative estimate of drug-likeness (QED) is 0.189. The number of nitrogens with one attached hydrogen (secondary N) is 1. The van der Waals surface area contributed by atoms with Crippen LogP contribution in [0.1, 0.15) is 33.3 Å². The van der Waals surface area contributed by atoms with E-state index in [1.165, 1.54) is 12.3 Å². The van der Waals surface area contributed by atoms with Crippen LogP contribution < -0.4 is 20.5 Å². The van der Waals surface area contributed by atoms with Crippen LogP contribution in [0.25, 0.3) is 0 Å². The molecule has 1 aromatic heterocycles. The summed E-state index contributed by atoms with van der Waals surface area (Å²) in [5.74, 6) is 0.838. The topological polar surface area (TPSA) is 121 Å². The number of carbonyl (C=O) groups excluding carboxylic acids is 1. The van der Waals surface area contributed by atoms with E-state index in [0.29, 0.717) is 17.1 Å². The summed E-state index contributed by atoms with van der Waals surface area (Å²) in [5, 5.41) is 13.6. The molecule has 1 aliphatic rings. The minimum absolute atomic E-state index is 0.00873. The van der Waals surface area contributed by atoms with Crippen LogP contribution in [0.3, 0.4) is 0 Å². The lowest BCUT2D eigenvalue weighted by atomic mass is 9.80. The summed E-state index contributed by atoms with van der Waals surface area (Å²) in [5.41, 5.74) is 0.549. The van der Waals surface area contributed by atoms with Crippen molar-refractivity contribution < 1.29 is 33.2 Å². The summed E-state index contributed by atoms with van der Waals surface area (Å²) in [6, 6.07) is 34.1. The maximum absolute atomic E-state index is 15.7. The van der Waals surface area contributed by atoms with Crippen LogP contribution in [0, 0.1) is 0 Å². The molecule has 11 heteroatoms. The van der Waals surface area contributed by atoms with Crippen LogP contribution in [0.4, 0.5) is 10.2 Å². The highest BCUT2D eigenvalue weighted by Gasteiger charge is 2.48. The molecule has 1 saturated heterocycles. The number of aliphatic hydroxyl groups excluding tert-OH is 1. The van der Waals surface area contributed by atoms with Gasteiger partial charge in [-0.3, -0.25) is 9.36 Å². The smallest absolute Gasteiger partial charge is 0.351 e. The first-order valence-electron chi connectivity index (χ1n) is 15.3. The second-order valence-electron chi connectivity index (χ2n) is 11.1. The van der Waals surface area contributed by atoms with Gasteiger partial charge in [0, 0.05) is 11.8 Å². The van der Waals surface area contributed by atoms with Crippen LogP contribution in [0.5, 0.6) is 11.5 Å². The average molecular weight is 652 g/mol. The predicted octanol–water partition coefficient (Wildman–Crippen LogP) is 5.12. The van der Waals surface area contributed by atoms with Gasteiger partial charge in [0.1, 0.15) is 35.1 Å². The Bertz CT molecular complexity index is 1840. The Kier molecular flexibility index (Phi) is 9.62. The third-order valence-corrected chi connectivity index (χ3v) is 8.31. The highest BCUT2D eigenvalue weighted by atomic mass is 19.1. The zero-order valence-electron chi connectivity index (χ0n) is 26.2. The fourth-order valence-corrected chi connectivity index (χ4v) is 5.80. The number of alkyl halides is 1. The number of amides is 1. The van der Waals surface area contributed by atoms with Crippen molar-refractivity contribution in [3.63, 3.8) is 0 Å². The van der Waals surface area contributed by atoms with Crippen molar-refractivity contribution in [3.05, 3.63) is 154 Å². The second kappa shape index (κ2) is 14.2. The van der Waals surface area contributed by atoms with Gasteiger partial charge >= 0.3 is 5.69 Å². The third-order valence-electron chi connectivity index (χ3n) is 8.31. The Morgan fingerprint density at radius 2 is 1.40 bits per heavy atom. The Balaban J connectivity index is 1.29. The summed E-state index contributed by atoms with van der Waals surface area (Å²) in [7, 11) is 3.16. The number of benzene rings is 4. The molecule has 0 spiro atoms. The van der Waals surface area contributed by atoms with Crippen LogP contribution in [-0.2, 0) is 15.1 Å². The summed E-state index contributed by atoms with van der Waals surface area (Å²) >= 11 is 0. The lowest BCUT2D eigenvalue weighted by molar-refractivity contribution is -0.0950. The Morgan fingerprint density at radius 1 is 0.854 bits per heavy atom. The van der Waals surface area contributed by atoms with Gasteiger partial charge in [0.25, 0.3) is 5.91 Å². The number of aromatic nitrogens is 2. The van der Waals surface area contributed by atoms with Gasteiger partial charge in [0.05, 0.1) is 20.8 Å². The molecule has 0 saturated carbocycles. The van der Waals surface area contributed by atoms with E-state index in [0.717, 1.165) is 21.3 Å². The Hall–Kier alpha value is -5.36. The number of anilines is 1. The van der Waals surface area contributed by atoms with Crippen LogP contribution >= 0.6 is 0 Å². The van der Waals surface area contributed by atoms with Crippen molar-refractivity contribution in [1.29, 1.82) is 0 Å². The van der Waals surface area contributed by atoms with Crippen LogP contribution in [0.15, 0.2) is 126 Å². The van der Waals surface area contributed by atoms with E-state index in [4.69, 9.17) is 18.9 Å². The maximum Gasteiger partial charge on any atom is 0.351 e. The molecule has 2 N–H and O–H groups in total. The van der Waals surface area contributed by atoms with Crippen LogP contribution in [-0.4, -0.2) is 59.8 Å². The molecule has 0 radical (unpaired) electrons. The molecule has 0 unspecified atom stereocenters. The fourth-order valence-electron chi connectivity index (χ4n) is 5.80. The molecule has 4 atom stereocenters. The van der Waals surface area contributed by atoms with Crippen molar-refractivity contribution >= 4 is 11.7 Å². The molecular weight excluding hydrogens is 617 g/mol. The first-order valence-corrected chi connectivity index (χ1v) is 15.3. The SMILES string of the molecule is COc1ccc(C(OC[C@H]2O[C@@H](n3ccc(NC(=O)c4ccccc4)nc3=O)[C@@H](F)[C@H]2O)(c2ccccc2)c2ccc(OC)cc2)cc1. The van der Waals surface area contributed by atoms with Crippen molar-refractivity contribution in [2.75, 3.05) is 26.1 Å². The number of hydrogen-bond donors (Lipinski definition) is 2. The minimum atomic E-state index is -1.98. The normalized spacial score (nSPS) is 19.1. The molecule has 6 rings (SSSR count). The van der Waals surface area contributed by atoms with E-state index >= 15 is 4.39 Å². The molecular formula is C37H34FN3O7. The number of nitrogens with zero attached hydrogens (tertiary/aromatic N) is 2. The van der Waals surface area contributed by atoms with Gasteiger partial charge in [0.2, 0.25) is 0 Å². The highest BCUT2D eigenvalue weighted by Crippen LogP contribution is 2.43. The first-order chi connectivity index (χ1) is 23.3. The minimum Gasteiger partial charge on any atom is -0.497 e. The zero-order valence-corrected chi connectivity index (χ0v) is 26.2. The van der Waals surface area contributed by atoms with Crippen molar-refractivity contribution in [2.45, 2.75) is 30.2 Å². The van der Waals surface area contributed by atoms with Gasteiger partial charge in [-0.15, -0.1) is 0 Å². The largest absolute Gasteiger partial charge is 0.497 e. The van der Waals surface area contributed by atoms with E-state index in [2.05, 4.69) is 10.3 Å². The van der Waals surface area contributed by atoms with Gasteiger partial charge in [-0.25, -0.2) is 9.18 Å². The van der Waals surface area contributed by atoms with Crippen molar-refractivity contribution in [1.82, 2.24) is 9.55 Å². The number of carbonyl (C=O) groups is 1. The van der Waals surface area contributed by atoms with E-state index in [1.807, 2.05) is 78.9 Å². The van der Waals surface area contributed by atoms with E-state index in [1.54, 1.807) is 44.6 Å². The summed E-state index contributed by atoms with van der Waals surface area (Å²) in [6.45, 7) is -0.252. The zero-order chi connectivity index (χ0) is 33.7. The van der Waals surface area contributed by atoms with Crippen molar-refractivity contribution in [2.24, 2.45) is 0 Å². The first kappa shape index (κ1) is 32.6. The lowest BCUT2D eigenvalue weighted by Crippen LogP contribution is -2.39. The fraction of sp³-hybridized carbons (Fsp3) is 0.216. The highest BCUT2D eigenvalue weighted by molar-refractivity contribution is 6.03. The van der Waals surface area contributed by atoms with Gasteiger partial charge in [-0.1, -0.05) is 72.8 Å². The third kappa shape index (κ3) is 6.43. The van der Waals surface area contributed by atoms with Gasteiger partial charge in [0.15, 0.2) is 12.4 Å². The monoisotopic (exact) mass is 651 g/mol. The number of ether oxygens (including phenoxy) is 4. The number of methoxy groups -OCH3 is 2. The van der Waals surface area contributed by atoms with Crippen LogP contribution in [0.2, 0.25) is 0 Å². The number of aliphatic hydroxyl groups is 1. The lowest BCUT2D eigenvalue weighted by Gasteiger charge is -2.37.